The summed E-state index contributed by atoms with van der Waals surface area (Å²) < 4.78 is 0. The van der Waals surface area contributed by atoms with E-state index in [0.717, 1.165) is 23.5 Å². The molecule has 0 atom stereocenters. The van der Waals surface area contributed by atoms with Crippen molar-refractivity contribution in [1.29, 1.82) is 0 Å². The molecule has 1 aromatic carbocycles. The normalized spacial score (nSPS) is 13.8. The average Bonchev–Trinajstić information content (AvgIpc) is 3.36. The quantitative estimate of drug-likeness (QED) is 0.708. The van der Waals surface area contributed by atoms with Gasteiger partial charge >= 0.3 is 0 Å². The molecule has 1 saturated carbocycles. The standard InChI is InChI=1S/C22H35N3O2/c1-15(2)11-21(26)23-19-9-10-20(24(5)6)18(12-19)14-25(13-17-7-8-17)22(27)16(3)4/h9-10,12,15-17H,7-8,11,13-14H2,1-6H3,(H,23,26). The second kappa shape index (κ2) is 9.25. The third-order valence-electron chi connectivity index (χ3n) is 4.78. The zero-order valence-electron chi connectivity index (χ0n) is 17.7. The number of carbonyl (C=O) groups is 2. The highest BCUT2D eigenvalue weighted by atomic mass is 16.2. The third kappa shape index (κ3) is 6.56. The van der Waals surface area contributed by atoms with Crippen LogP contribution in [0.2, 0.25) is 0 Å². The summed E-state index contributed by atoms with van der Waals surface area (Å²) in [6, 6.07) is 5.98. The first kappa shape index (κ1) is 21.3. The van der Waals surface area contributed by atoms with Crippen molar-refractivity contribution < 1.29 is 9.59 Å². The van der Waals surface area contributed by atoms with Gasteiger partial charge in [-0.25, -0.2) is 0 Å². The number of carbonyl (C=O) groups excluding carboxylic acids is 2. The fourth-order valence-electron chi connectivity index (χ4n) is 3.22. The molecule has 0 spiro atoms. The van der Waals surface area contributed by atoms with Crippen molar-refractivity contribution in [2.45, 2.75) is 53.5 Å². The number of hydrogen-bond acceptors (Lipinski definition) is 3. The van der Waals surface area contributed by atoms with E-state index in [1.54, 1.807) is 0 Å². The van der Waals surface area contributed by atoms with Crippen molar-refractivity contribution in [2.75, 3.05) is 30.9 Å². The van der Waals surface area contributed by atoms with Crippen LogP contribution in [0.5, 0.6) is 0 Å². The van der Waals surface area contributed by atoms with Crippen molar-refractivity contribution in [3.8, 4) is 0 Å². The molecular formula is C22H35N3O2. The van der Waals surface area contributed by atoms with E-state index in [1.807, 2.05) is 64.9 Å². The Balaban J connectivity index is 2.23. The summed E-state index contributed by atoms with van der Waals surface area (Å²) in [5.41, 5.74) is 2.94. The Kier molecular flexibility index (Phi) is 7.28. The number of benzene rings is 1. The highest BCUT2D eigenvalue weighted by Gasteiger charge is 2.28. The van der Waals surface area contributed by atoms with Crippen molar-refractivity contribution in [3.63, 3.8) is 0 Å². The van der Waals surface area contributed by atoms with Gasteiger partial charge in [0.25, 0.3) is 0 Å². The van der Waals surface area contributed by atoms with Gasteiger partial charge in [0.15, 0.2) is 0 Å². The molecule has 0 aromatic heterocycles. The molecule has 0 heterocycles. The van der Waals surface area contributed by atoms with Crippen LogP contribution in [0.4, 0.5) is 11.4 Å². The molecule has 2 rings (SSSR count). The fourth-order valence-corrected chi connectivity index (χ4v) is 3.22. The fraction of sp³-hybridized carbons (Fsp3) is 0.636. The van der Waals surface area contributed by atoms with Crippen LogP contribution >= 0.6 is 0 Å². The molecule has 0 aliphatic heterocycles. The molecule has 5 nitrogen and oxygen atoms in total. The maximum atomic E-state index is 12.7. The van der Waals surface area contributed by atoms with Crippen LogP contribution in [0, 0.1) is 17.8 Å². The summed E-state index contributed by atoms with van der Waals surface area (Å²) in [4.78, 5) is 28.9. The zero-order chi connectivity index (χ0) is 20.1. The summed E-state index contributed by atoms with van der Waals surface area (Å²) in [5.74, 6) is 1.18. The lowest BCUT2D eigenvalue weighted by molar-refractivity contribution is -0.135. The number of rotatable bonds is 9. The lowest BCUT2D eigenvalue weighted by atomic mass is 10.1. The molecule has 27 heavy (non-hydrogen) atoms. The Morgan fingerprint density at radius 3 is 2.33 bits per heavy atom. The number of hydrogen-bond donors (Lipinski definition) is 1. The van der Waals surface area contributed by atoms with Gasteiger partial charge in [-0.2, -0.15) is 0 Å². The summed E-state index contributed by atoms with van der Waals surface area (Å²) in [5, 5.41) is 3.00. The summed E-state index contributed by atoms with van der Waals surface area (Å²) >= 11 is 0. The number of amides is 2. The van der Waals surface area contributed by atoms with E-state index in [9.17, 15) is 9.59 Å². The van der Waals surface area contributed by atoms with E-state index >= 15 is 0 Å². The van der Waals surface area contributed by atoms with Crippen molar-refractivity contribution in [1.82, 2.24) is 4.90 Å². The molecule has 0 radical (unpaired) electrons. The van der Waals surface area contributed by atoms with Crippen LogP contribution < -0.4 is 10.2 Å². The Labute approximate surface area is 164 Å². The lowest BCUT2D eigenvalue weighted by Gasteiger charge is -2.27. The first-order chi connectivity index (χ1) is 12.7. The first-order valence-electron chi connectivity index (χ1n) is 10.1. The average molecular weight is 374 g/mol. The molecule has 150 valence electrons. The SMILES string of the molecule is CC(C)CC(=O)Nc1ccc(N(C)C)c(CN(CC2CC2)C(=O)C(C)C)c1. The second-order valence-electron chi connectivity index (χ2n) is 8.70. The van der Waals surface area contributed by atoms with Gasteiger partial charge < -0.3 is 15.1 Å². The second-order valence-corrected chi connectivity index (χ2v) is 8.70. The van der Waals surface area contributed by atoms with Gasteiger partial charge in [0, 0.05) is 50.9 Å². The van der Waals surface area contributed by atoms with E-state index in [2.05, 4.69) is 10.2 Å². The Bertz CT molecular complexity index is 664. The van der Waals surface area contributed by atoms with E-state index in [4.69, 9.17) is 0 Å². The predicted octanol–water partition coefficient (Wildman–Crippen LogP) is 4.13. The van der Waals surface area contributed by atoms with Crippen LogP contribution in [-0.2, 0) is 16.1 Å². The minimum Gasteiger partial charge on any atom is -0.377 e. The summed E-state index contributed by atoms with van der Waals surface area (Å²) in [7, 11) is 4.01. The van der Waals surface area contributed by atoms with E-state index in [1.165, 1.54) is 12.8 Å². The monoisotopic (exact) mass is 373 g/mol. The maximum absolute atomic E-state index is 12.7. The molecule has 1 fully saturated rings. The zero-order valence-corrected chi connectivity index (χ0v) is 17.7. The summed E-state index contributed by atoms with van der Waals surface area (Å²) in [6.07, 6.45) is 2.94. The van der Waals surface area contributed by atoms with Crippen LogP contribution in [-0.4, -0.2) is 37.4 Å². The van der Waals surface area contributed by atoms with Crippen molar-refractivity contribution >= 4 is 23.2 Å². The molecule has 5 heteroatoms. The van der Waals surface area contributed by atoms with Gasteiger partial charge in [0.1, 0.15) is 0 Å². The molecule has 0 saturated heterocycles. The largest absolute Gasteiger partial charge is 0.377 e. The van der Waals surface area contributed by atoms with Gasteiger partial charge in [0.2, 0.25) is 11.8 Å². The maximum Gasteiger partial charge on any atom is 0.225 e. The highest BCUT2D eigenvalue weighted by Crippen LogP contribution is 2.32. The van der Waals surface area contributed by atoms with Crippen LogP contribution in [0.15, 0.2) is 18.2 Å². The van der Waals surface area contributed by atoms with Crippen LogP contribution in [0.3, 0.4) is 0 Å². The smallest absolute Gasteiger partial charge is 0.225 e. The van der Waals surface area contributed by atoms with Gasteiger partial charge in [-0.15, -0.1) is 0 Å². The van der Waals surface area contributed by atoms with Gasteiger partial charge in [-0.1, -0.05) is 27.7 Å². The Hall–Kier alpha value is -2.04. The van der Waals surface area contributed by atoms with E-state index in [0.29, 0.717) is 24.8 Å². The topological polar surface area (TPSA) is 52.7 Å². The number of nitrogens with zero attached hydrogens (tertiary/aromatic N) is 2. The van der Waals surface area contributed by atoms with E-state index in [-0.39, 0.29) is 17.7 Å². The molecule has 0 bridgehead atoms. The van der Waals surface area contributed by atoms with Gasteiger partial charge in [-0.3, -0.25) is 9.59 Å². The third-order valence-corrected chi connectivity index (χ3v) is 4.78. The molecule has 0 unspecified atom stereocenters. The van der Waals surface area contributed by atoms with Gasteiger partial charge in [0.05, 0.1) is 0 Å². The Morgan fingerprint density at radius 2 is 1.81 bits per heavy atom. The van der Waals surface area contributed by atoms with Crippen LogP contribution in [0.1, 0.15) is 52.5 Å². The van der Waals surface area contributed by atoms with E-state index < -0.39 is 0 Å². The number of nitrogens with one attached hydrogen (secondary N) is 1. The Morgan fingerprint density at radius 1 is 1.15 bits per heavy atom. The minimum atomic E-state index is -0.0134. The highest BCUT2D eigenvalue weighted by molar-refractivity contribution is 5.91. The van der Waals surface area contributed by atoms with Crippen LogP contribution in [0.25, 0.3) is 0 Å². The molecule has 1 aliphatic rings. The van der Waals surface area contributed by atoms with Crippen molar-refractivity contribution in [2.24, 2.45) is 17.8 Å². The minimum absolute atomic E-state index is 0.0134. The predicted molar refractivity (Wildman–Crippen MR) is 112 cm³/mol. The molecule has 2 amide bonds. The lowest BCUT2D eigenvalue weighted by Crippen LogP contribution is -2.35. The number of anilines is 2. The first-order valence-corrected chi connectivity index (χ1v) is 10.1. The molecular weight excluding hydrogens is 338 g/mol. The molecule has 1 aromatic rings. The molecule has 1 N–H and O–H groups in total. The molecule has 1 aliphatic carbocycles. The van der Waals surface area contributed by atoms with Gasteiger partial charge in [-0.05, 0) is 48.4 Å². The van der Waals surface area contributed by atoms with Crippen molar-refractivity contribution in [3.05, 3.63) is 23.8 Å². The summed E-state index contributed by atoms with van der Waals surface area (Å²) in [6.45, 7) is 9.39.